The average Bonchev–Trinajstić information content (AvgIpc) is 2.99. The van der Waals surface area contributed by atoms with E-state index in [0.717, 1.165) is 16.5 Å². The molecule has 0 unspecified atom stereocenters. The minimum absolute atomic E-state index is 0.0600. The van der Waals surface area contributed by atoms with Crippen LogP contribution in [0.4, 0.5) is 15.8 Å². The fraction of sp³-hybridized carbons (Fsp3) is 0.219. The second-order valence-electron chi connectivity index (χ2n) is 10.8. The molecule has 0 saturated heterocycles. The average molecular weight is 638 g/mol. The molecule has 0 aliphatic rings. The number of nitrogens with zero attached hydrogens (tertiary/aromatic N) is 1. The summed E-state index contributed by atoms with van der Waals surface area (Å²) in [7, 11) is -4.45. The summed E-state index contributed by atoms with van der Waals surface area (Å²) in [5.74, 6) is -0.763. The van der Waals surface area contributed by atoms with Crippen molar-refractivity contribution >= 4 is 39.1 Å². The quantitative estimate of drug-likeness (QED) is 0.0975. The van der Waals surface area contributed by atoms with Gasteiger partial charge >= 0.3 is 0 Å². The number of rotatable bonds is 12. The number of nitro groups is 1. The molecule has 0 heterocycles. The van der Waals surface area contributed by atoms with Gasteiger partial charge in [0.05, 0.1) is 28.1 Å². The molecule has 0 radical (unpaired) electrons. The molecule has 0 fully saturated rings. The number of hydrogen-bond acceptors (Lipinski definition) is 8. The molecule has 0 saturated carbocycles. The van der Waals surface area contributed by atoms with Gasteiger partial charge in [-0.1, -0.05) is 42.5 Å². The van der Waals surface area contributed by atoms with Crippen LogP contribution in [-0.2, 0) is 14.8 Å². The number of nitrogens with one attached hydrogen (secondary N) is 2. The van der Waals surface area contributed by atoms with Crippen LogP contribution >= 0.6 is 11.8 Å². The predicted octanol–water partition coefficient (Wildman–Crippen LogP) is 6.91. The van der Waals surface area contributed by atoms with Crippen LogP contribution in [0.25, 0.3) is 11.1 Å². The Labute approximate surface area is 260 Å². The lowest BCUT2D eigenvalue weighted by molar-refractivity contribution is -0.384. The number of benzene rings is 4. The van der Waals surface area contributed by atoms with Crippen molar-refractivity contribution in [1.29, 1.82) is 0 Å². The molecular formula is C32H32FN3O6S2. The maximum Gasteiger partial charge on any atom is 0.293 e. The third-order valence-corrected chi connectivity index (χ3v) is 8.80. The number of anilines is 1. The van der Waals surface area contributed by atoms with Crippen molar-refractivity contribution in [2.45, 2.75) is 42.2 Å². The number of carbonyl (C=O) groups is 1. The van der Waals surface area contributed by atoms with Gasteiger partial charge < -0.3 is 10.1 Å². The second-order valence-corrected chi connectivity index (χ2v) is 13.6. The van der Waals surface area contributed by atoms with E-state index in [4.69, 9.17) is 4.74 Å². The van der Waals surface area contributed by atoms with E-state index < -0.39 is 37.0 Å². The van der Waals surface area contributed by atoms with Gasteiger partial charge in [-0.05, 0) is 80.4 Å². The van der Waals surface area contributed by atoms with Crippen molar-refractivity contribution in [3.05, 3.63) is 119 Å². The molecule has 0 aromatic heterocycles. The number of sulfonamides is 1. The Balaban J connectivity index is 1.50. The molecule has 0 aliphatic carbocycles. The van der Waals surface area contributed by atoms with Gasteiger partial charge in [-0.3, -0.25) is 14.9 Å². The lowest BCUT2D eigenvalue weighted by Gasteiger charge is -2.25. The first-order valence-corrected chi connectivity index (χ1v) is 16.1. The standard InChI is InChI=1S/C32H32FN3O6S2/c1-32(2,3)42-20-26(21-43-27-7-5-4-6-8-27)34-29-18-17-28(19-30(29)36(38)39)44(40,41)35-31(37)24-11-9-22(10-12-24)23-13-15-25(33)16-14-23/h4-19,26,34H,20-21H2,1-3H3,(H,35,37)/t26-/m1/s1. The van der Waals surface area contributed by atoms with E-state index in [2.05, 4.69) is 5.32 Å². The number of nitro benzene ring substituents is 1. The molecule has 1 amide bonds. The fourth-order valence-electron chi connectivity index (χ4n) is 4.06. The van der Waals surface area contributed by atoms with Crippen LogP contribution in [0, 0.1) is 15.9 Å². The lowest BCUT2D eigenvalue weighted by Crippen LogP contribution is -2.33. The highest BCUT2D eigenvalue weighted by Gasteiger charge is 2.26. The second kappa shape index (κ2) is 14.0. The van der Waals surface area contributed by atoms with Gasteiger partial charge in [0, 0.05) is 22.3 Å². The minimum Gasteiger partial charge on any atom is -0.374 e. The van der Waals surface area contributed by atoms with Gasteiger partial charge in [-0.15, -0.1) is 11.8 Å². The van der Waals surface area contributed by atoms with Gasteiger partial charge in [0.2, 0.25) is 0 Å². The van der Waals surface area contributed by atoms with Crippen molar-refractivity contribution in [1.82, 2.24) is 4.72 Å². The fourth-order valence-corrected chi connectivity index (χ4v) is 5.98. The van der Waals surface area contributed by atoms with Crippen LogP contribution in [0.1, 0.15) is 31.1 Å². The molecule has 2 N–H and O–H groups in total. The monoisotopic (exact) mass is 637 g/mol. The predicted molar refractivity (Wildman–Crippen MR) is 170 cm³/mol. The highest BCUT2D eigenvalue weighted by atomic mass is 32.2. The summed E-state index contributed by atoms with van der Waals surface area (Å²) in [6.07, 6.45) is 0. The van der Waals surface area contributed by atoms with Crippen molar-refractivity contribution in [2.24, 2.45) is 0 Å². The first-order valence-electron chi connectivity index (χ1n) is 13.6. The number of carbonyl (C=O) groups excluding carboxylic acids is 1. The van der Waals surface area contributed by atoms with Crippen molar-refractivity contribution in [3.63, 3.8) is 0 Å². The van der Waals surface area contributed by atoms with Crippen LogP contribution < -0.4 is 10.0 Å². The summed E-state index contributed by atoms with van der Waals surface area (Å²) >= 11 is 1.55. The molecular weight excluding hydrogens is 605 g/mol. The van der Waals surface area contributed by atoms with Gasteiger partial charge in [-0.25, -0.2) is 17.5 Å². The van der Waals surface area contributed by atoms with Gasteiger partial charge in [-0.2, -0.15) is 0 Å². The van der Waals surface area contributed by atoms with E-state index >= 15 is 0 Å². The third-order valence-electron chi connectivity index (χ3n) is 6.30. The summed E-state index contributed by atoms with van der Waals surface area (Å²) in [6.45, 7) is 5.97. The summed E-state index contributed by atoms with van der Waals surface area (Å²) in [6, 6.07) is 24.6. The molecule has 0 bridgehead atoms. The highest BCUT2D eigenvalue weighted by molar-refractivity contribution is 7.99. The lowest BCUT2D eigenvalue weighted by atomic mass is 10.0. The van der Waals surface area contributed by atoms with Crippen LogP contribution in [-0.4, -0.2) is 43.3 Å². The molecule has 1 atom stereocenters. The molecule has 230 valence electrons. The van der Waals surface area contributed by atoms with E-state index in [-0.39, 0.29) is 29.7 Å². The number of halogens is 1. The molecule has 4 aromatic carbocycles. The Hall–Kier alpha value is -4.26. The van der Waals surface area contributed by atoms with E-state index in [1.54, 1.807) is 36.0 Å². The van der Waals surface area contributed by atoms with Crippen molar-refractivity contribution in [2.75, 3.05) is 17.7 Å². The summed E-state index contributed by atoms with van der Waals surface area (Å²) in [5.41, 5.74) is 0.696. The Morgan fingerprint density at radius 2 is 1.57 bits per heavy atom. The summed E-state index contributed by atoms with van der Waals surface area (Å²) in [5, 5.41) is 15.2. The first-order chi connectivity index (χ1) is 20.8. The molecule has 4 rings (SSSR count). The molecule has 44 heavy (non-hydrogen) atoms. The SMILES string of the molecule is CC(C)(C)OC[C@H](CSc1ccccc1)Nc1ccc(S(=O)(=O)NC(=O)c2ccc(-c3ccc(F)cc3)cc2)cc1[N+](=O)[O-]. The van der Waals surface area contributed by atoms with E-state index in [1.165, 1.54) is 36.4 Å². The molecule has 9 nitrogen and oxygen atoms in total. The molecule has 4 aromatic rings. The van der Waals surface area contributed by atoms with Gasteiger partial charge in [0.15, 0.2) is 0 Å². The zero-order valence-electron chi connectivity index (χ0n) is 24.3. The van der Waals surface area contributed by atoms with Crippen LogP contribution in [0.15, 0.2) is 107 Å². The van der Waals surface area contributed by atoms with E-state index in [0.29, 0.717) is 11.3 Å². The van der Waals surface area contributed by atoms with Crippen LogP contribution in [0.3, 0.4) is 0 Å². The molecule has 12 heteroatoms. The van der Waals surface area contributed by atoms with Crippen LogP contribution in [0.2, 0.25) is 0 Å². The summed E-state index contributed by atoms with van der Waals surface area (Å²) in [4.78, 5) is 24.7. The van der Waals surface area contributed by atoms with Gasteiger partial charge in [0.25, 0.3) is 21.6 Å². The third kappa shape index (κ3) is 9.12. The maximum absolute atomic E-state index is 13.2. The first kappa shape index (κ1) is 32.6. The molecule has 0 spiro atoms. The minimum atomic E-state index is -4.45. The Bertz CT molecular complexity index is 1710. The summed E-state index contributed by atoms with van der Waals surface area (Å²) < 4.78 is 47.3. The Kier molecular flexibility index (Phi) is 10.4. The number of amides is 1. The van der Waals surface area contributed by atoms with Crippen molar-refractivity contribution < 1.29 is 27.3 Å². The Morgan fingerprint density at radius 3 is 2.16 bits per heavy atom. The number of thioether (sulfide) groups is 1. The van der Waals surface area contributed by atoms with E-state index in [1.807, 2.05) is 55.8 Å². The Morgan fingerprint density at radius 1 is 0.955 bits per heavy atom. The van der Waals surface area contributed by atoms with Crippen molar-refractivity contribution in [3.8, 4) is 11.1 Å². The zero-order chi connectivity index (χ0) is 31.9. The smallest absolute Gasteiger partial charge is 0.293 e. The number of ether oxygens (including phenoxy) is 1. The molecule has 0 aliphatic heterocycles. The maximum atomic E-state index is 13.2. The normalized spacial score (nSPS) is 12.4. The largest absolute Gasteiger partial charge is 0.374 e. The van der Waals surface area contributed by atoms with Crippen LogP contribution in [0.5, 0.6) is 0 Å². The van der Waals surface area contributed by atoms with E-state index in [9.17, 15) is 27.7 Å². The zero-order valence-corrected chi connectivity index (χ0v) is 26.0. The van der Waals surface area contributed by atoms with Gasteiger partial charge in [0.1, 0.15) is 11.5 Å². The topological polar surface area (TPSA) is 128 Å². The highest BCUT2D eigenvalue weighted by Crippen LogP contribution is 2.30. The number of hydrogen-bond donors (Lipinski definition) is 2.